The van der Waals surface area contributed by atoms with Crippen LogP contribution in [0.5, 0.6) is 0 Å². The number of thioether (sulfide) groups is 1. The van der Waals surface area contributed by atoms with Crippen molar-refractivity contribution in [2.24, 2.45) is 0 Å². The van der Waals surface area contributed by atoms with Gasteiger partial charge in [-0.3, -0.25) is 4.79 Å². The summed E-state index contributed by atoms with van der Waals surface area (Å²) in [6.45, 7) is 2.27. The van der Waals surface area contributed by atoms with Crippen molar-refractivity contribution in [1.82, 2.24) is 4.98 Å². The zero-order valence-electron chi connectivity index (χ0n) is 16.7. The number of carbonyl (C=O) groups is 1. The third-order valence-corrected chi connectivity index (χ3v) is 6.63. The number of aliphatic carboxylic acids is 1. The number of carboxylic acids is 1. The number of nitrogens with one attached hydrogen (secondary N) is 1. The number of H-pyrrole nitrogens is 1. The normalized spacial score (nSPS) is 13.6. The van der Waals surface area contributed by atoms with Gasteiger partial charge in [0.05, 0.1) is 6.42 Å². The molecule has 0 aliphatic carbocycles. The third-order valence-electron chi connectivity index (χ3n) is 5.62. The molecule has 2 unspecified atom stereocenters. The zero-order valence-corrected chi connectivity index (χ0v) is 17.5. The number of hydrogen-bond donors (Lipinski definition) is 2. The summed E-state index contributed by atoms with van der Waals surface area (Å²) in [5.74, 6) is -0.387. The van der Waals surface area contributed by atoms with Gasteiger partial charge in [-0.05, 0) is 47.4 Å². The van der Waals surface area contributed by atoms with Crippen molar-refractivity contribution in [2.45, 2.75) is 30.9 Å². The van der Waals surface area contributed by atoms with E-state index in [2.05, 4.69) is 66.7 Å². The van der Waals surface area contributed by atoms with Gasteiger partial charge in [0.1, 0.15) is 0 Å². The molecule has 0 amide bonds. The minimum absolute atomic E-state index is 0.0354. The van der Waals surface area contributed by atoms with Crippen molar-refractivity contribution in [3.63, 3.8) is 0 Å². The Balaban J connectivity index is 1.83. The van der Waals surface area contributed by atoms with Crippen molar-refractivity contribution in [3.8, 4) is 0 Å². The van der Waals surface area contributed by atoms with Gasteiger partial charge >= 0.3 is 5.97 Å². The van der Waals surface area contributed by atoms with Gasteiger partial charge < -0.3 is 10.1 Å². The lowest BCUT2D eigenvalue weighted by molar-refractivity contribution is -0.136. The maximum atomic E-state index is 11.4. The maximum absolute atomic E-state index is 11.4. The molecule has 0 aliphatic rings. The predicted octanol–water partition coefficient (Wildman–Crippen LogP) is 6.55. The van der Waals surface area contributed by atoms with Crippen LogP contribution in [-0.4, -0.2) is 22.3 Å². The number of benzene rings is 3. The Morgan fingerprint density at radius 1 is 1.03 bits per heavy atom. The smallest absolute Gasteiger partial charge is 0.307 e. The van der Waals surface area contributed by atoms with Crippen LogP contribution >= 0.6 is 11.8 Å². The van der Waals surface area contributed by atoms with Gasteiger partial charge in [0, 0.05) is 27.1 Å². The molecule has 0 bridgehead atoms. The third kappa shape index (κ3) is 4.03. The molecular formula is C25H25NO2S. The van der Waals surface area contributed by atoms with Crippen LogP contribution in [0.1, 0.15) is 41.2 Å². The molecule has 29 heavy (non-hydrogen) atoms. The van der Waals surface area contributed by atoms with Gasteiger partial charge in [-0.1, -0.05) is 61.5 Å². The molecule has 0 saturated carbocycles. The molecule has 3 aromatic carbocycles. The Kier molecular flexibility index (Phi) is 5.63. The number of aromatic nitrogens is 1. The van der Waals surface area contributed by atoms with E-state index in [9.17, 15) is 9.90 Å². The van der Waals surface area contributed by atoms with Crippen LogP contribution in [-0.2, 0) is 11.2 Å². The largest absolute Gasteiger partial charge is 0.481 e. The molecule has 3 nitrogen and oxygen atoms in total. The Labute approximate surface area is 175 Å². The molecular weight excluding hydrogens is 378 g/mol. The van der Waals surface area contributed by atoms with Crippen molar-refractivity contribution in [1.29, 1.82) is 0 Å². The second-order valence-electron chi connectivity index (χ2n) is 7.62. The first-order valence-corrected chi connectivity index (χ1v) is 11.2. The summed E-state index contributed by atoms with van der Waals surface area (Å²) >= 11 is 1.84. The Bertz CT molecular complexity index is 1150. The highest BCUT2D eigenvalue weighted by Crippen LogP contribution is 2.42. The van der Waals surface area contributed by atoms with Crippen LogP contribution < -0.4 is 0 Å². The molecule has 4 aromatic rings. The molecule has 1 heterocycles. The summed E-state index contributed by atoms with van der Waals surface area (Å²) in [5.41, 5.74) is 5.52. The van der Waals surface area contributed by atoms with Crippen molar-refractivity contribution in [2.75, 3.05) is 6.26 Å². The van der Waals surface area contributed by atoms with E-state index in [0.29, 0.717) is 5.92 Å². The summed E-state index contributed by atoms with van der Waals surface area (Å²) in [7, 11) is 0. The van der Waals surface area contributed by atoms with Crippen LogP contribution in [0.25, 0.3) is 21.8 Å². The minimum atomic E-state index is -0.801. The van der Waals surface area contributed by atoms with E-state index in [-0.39, 0.29) is 11.7 Å². The molecule has 0 aliphatic heterocycles. The highest BCUT2D eigenvalue weighted by Gasteiger charge is 2.21. The molecule has 0 saturated heterocycles. The lowest BCUT2D eigenvalue weighted by Crippen LogP contribution is -2.05. The minimum Gasteiger partial charge on any atom is -0.481 e. The van der Waals surface area contributed by atoms with Crippen LogP contribution in [0.2, 0.25) is 0 Å². The fraction of sp³-hybridized carbons (Fsp3) is 0.240. The average Bonchev–Trinajstić information content (AvgIpc) is 3.10. The van der Waals surface area contributed by atoms with E-state index in [0.717, 1.165) is 23.0 Å². The topological polar surface area (TPSA) is 53.1 Å². The molecule has 0 radical (unpaired) electrons. The van der Waals surface area contributed by atoms with Gasteiger partial charge in [-0.2, -0.15) is 11.8 Å². The monoisotopic (exact) mass is 403 g/mol. The standard InChI is InChI=1S/C25H25NO2S/c1-16(18-8-4-3-5-9-18)12-23(29-2)20-13-17(15-24(27)28)14-22-25(20)19-10-6-7-11-21(19)26-22/h3-11,13-14,16,23,26H,12,15H2,1-2H3,(H,27,28). The highest BCUT2D eigenvalue weighted by molar-refractivity contribution is 7.98. The molecule has 148 valence electrons. The van der Waals surface area contributed by atoms with Crippen molar-refractivity contribution in [3.05, 3.63) is 83.4 Å². The van der Waals surface area contributed by atoms with Crippen LogP contribution in [0.3, 0.4) is 0 Å². The first kappa shape index (κ1) is 19.6. The maximum Gasteiger partial charge on any atom is 0.307 e. The molecule has 4 rings (SSSR count). The first-order valence-electron chi connectivity index (χ1n) is 9.89. The predicted molar refractivity (Wildman–Crippen MR) is 123 cm³/mol. The second kappa shape index (κ2) is 8.34. The SMILES string of the molecule is CSC(CC(C)c1ccccc1)c1cc(CC(=O)O)cc2[nH]c3ccccc3c12. The average molecular weight is 404 g/mol. The number of aromatic amines is 1. The van der Waals surface area contributed by atoms with E-state index in [4.69, 9.17) is 0 Å². The quantitative estimate of drug-likeness (QED) is 0.368. The Morgan fingerprint density at radius 3 is 2.48 bits per heavy atom. The molecule has 0 fully saturated rings. The lowest BCUT2D eigenvalue weighted by atomic mass is 9.91. The number of rotatable bonds is 7. The van der Waals surface area contributed by atoms with E-state index in [1.54, 1.807) is 0 Å². The zero-order chi connectivity index (χ0) is 20.4. The number of para-hydroxylation sites is 1. The van der Waals surface area contributed by atoms with Gasteiger partial charge in [-0.15, -0.1) is 0 Å². The van der Waals surface area contributed by atoms with E-state index >= 15 is 0 Å². The van der Waals surface area contributed by atoms with Gasteiger partial charge in [0.15, 0.2) is 0 Å². The highest BCUT2D eigenvalue weighted by atomic mass is 32.2. The number of fused-ring (bicyclic) bond motifs is 3. The lowest BCUT2D eigenvalue weighted by Gasteiger charge is -2.22. The summed E-state index contributed by atoms with van der Waals surface area (Å²) < 4.78 is 0. The molecule has 4 heteroatoms. The Hall–Kier alpha value is -2.72. The molecule has 2 atom stereocenters. The Morgan fingerprint density at radius 2 is 1.76 bits per heavy atom. The first-order chi connectivity index (χ1) is 14.1. The fourth-order valence-electron chi connectivity index (χ4n) is 4.20. The van der Waals surface area contributed by atoms with Crippen LogP contribution in [0, 0.1) is 0 Å². The van der Waals surface area contributed by atoms with Gasteiger partial charge in [0.25, 0.3) is 0 Å². The molecule has 0 spiro atoms. The van der Waals surface area contributed by atoms with Crippen molar-refractivity contribution < 1.29 is 9.90 Å². The summed E-state index contributed by atoms with van der Waals surface area (Å²) in [4.78, 5) is 14.9. The summed E-state index contributed by atoms with van der Waals surface area (Å²) in [5, 5.41) is 12.0. The fourth-order valence-corrected chi connectivity index (χ4v) is 5.12. The van der Waals surface area contributed by atoms with Gasteiger partial charge in [0.2, 0.25) is 0 Å². The van der Waals surface area contributed by atoms with E-state index in [1.165, 1.54) is 21.9 Å². The second-order valence-corrected chi connectivity index (χ2v) is 8.66. The molecule has 2 N–H and O–H groups in total. The number of hydrogen-bond acceptors (Lipinski definition) is 2. The van der Waals surface area contributed by atoms with Crippen molar-refractivity contribution >= 4 is 39.5 Å². The summed E-state index contributed by atoms with van der Waals surface area (Å²) in [6.07, 6.45) is 3.18. The van der Waals surface area contributed by atoms with Crippen LogP contribution in [0.4, 0.5) is 0 Å². The van der Waals surface area contributed by atoms with E-state index < -0.39 is 5.97 Å². The number of carboxylic acid groups (broad SMARTS) is 1. The van der Waals surface area contributed by atoms with E-state index in [1.807, 2.05) is 30.0 Å². The summed E-state index contributed by atoms with van der Waals surface area (Å²) in [6, 6.07) is 23.0. The van der Waals surface area contributed by atoms with Gasteiger partial charge in [-0.25, -0.2) is 0 Å². The van der Waals surface area contributed by atoms with Crippen LogP contribution in [0.15, 0.2) is 66.7 Å². The molecule has 1 aromatic heterocycles.